The first kappa shape index (κ1) is 10.8. The second-order valence-corrected chi connectivity index (χ2v) is 4.52. The van der Waals surface area contributed by atoms with Crippen LogP contribution < -0.4 is 5.73 Å². The van der Waals surface area contributed by atoms with Gasteiger partial charge in [0.2, 0.25) is 5.95 Å². The molecule has 0 unspecified atom stereocenters. The molecule has 2 aromatic heterocycles. The molecule has 0 bridgehead atoms. The molecular weight excluding hydrogens is 226 g/mol. The van der Waals surface area contributed by atoms with Crippen molar-refractivity contribution in [1.82, 2.24) is 19.1 Å². The SMILES string of the molecule is Cc1nc(N)n(C)c1-c1ccc2c(c1)ncn2C. The highest BCUT2D eigenvalue weighted by Crippen LogP contribution is 2.27. The van der Waals surface area contributed by atoms with E-state index in [-0.39, 0.29) is 0 Å². The van der Waals surface area contributed by atoms with E-state index < -0.39 is 0 Å². The summed E-state index contributed by atoms with van der Waals surface area (Å²) >= 11 is 0. The predicted molar refractivity (Wildman–Crippen MR) is 72.1 cm³/mol. The van der Waals surface area contributed by atoms with Crippen molar-refractivity contribution in [2.45, 2.75) is 6.92 Å². The molecule has 3 rings (SSSR count). The summed E-state index contributed by atoms with van der Waals surface area (Å²) in [5.74, 6) is 0.531. The lowest BCUT2D eigenvalue weighted by Crippen LogP contribution is -1.98. The van der Waals surface area contributed by atoms with Crippen LogP contribution in [-0.4, -0.2) is 19.1 Å². The Morgan fingerprint density at radius 2 is 2.00 bits per heavy atom. The van der Waals surface area contributed by atoms with E-state index in [0.717, 1.165) is 28.0 Å². The van der Waals surface area contributed by atoms with Crippen molar-refractivity contribution in [3.8, 4) is 11.3 Å². The average molecular weight is 241 g/mol. The van der Waals surface area contributed by atoms with Gasteiger partial charge in [-0.2, -0.15) is 0 Å². The summed E-state index contributed by atoms with van der Waals surface area (Å²) in [4.78, 5) is 8.66. The van der Waals surface area contributed by atoms with Crippen molar-refractivity contribution >= 4 is 17.0 Å². The molecule has 0 aliphatic carbocycles. The van der Waals surface area contributed by atoms with E-state index >= 15 is 0 Å². The number of benzene rings is 1. The van der Waals surface area contributed by atoms with Crippen molar-refractivity contribution in [3.05, 3.63) is 30.2 Å². The third kappa shape index (κ3) is 1.40. The van der Waals surface area contributed by atoms with Crippen LogP contribution in [0.3, 0.4) is 0 Å². The maximum absolute atomic E-state index is 5.83. The molecule has 92 valence electrons. The van der Waals surface area contributed by atoms with Gasteiger partial charge in [-0.1, -0.05) is 6.07 Å². The van der Waals surface area contributed by atoms with Crippen LogP contribution in [0.25, 0.3) is 22.3 Å². The maximum Gasteiger partial charge on any atom is 0.200 e. The minimum Gasteiger partial charge on any atom is -0.369 e. The molecule has 5 nitrogen and oxygen atoms in total. The lowest BCUT2D eigenvalue weighted by atomic mass is 10.1. The normalized spacial score (nSPS) is 11.3. The fourth-order valence-corrected chi connectivity index (χ4v) is 2.34. The number of aryl methyl sites for hydroxylation is 2. The molecule has 0 radical (unpaired) electrons. The van der Waals surface area contributed by atoms with Crippen LogP contribution in [0.15, 0.2) is 24.5 Å². The van der Waals surface area contributed by atoms with Crippen LogP contribution in [0.4, 0.5) is 5.95 Å². The fraction of sp³-hybridized carbons (Fsp3) is 0.231. The molecule has 0 aliphatic rings. The largest absolute Gasteiger partial charge is 0.369 e. The zero-order valence-corrected chi connectivity index (χ0v) is 10.7. The molecule has 0 amide bonds. The van der Waals surface area contributed by atoms with Gasteiger partial charge >= 0.3 is 0 Å². The molecule has 0 spiro atoms. The fourth-order valence-electron chi connectivity index (χ4n) is 2.34. The maximum atomic E-state index is 5.83. The minimum atomic E-state index is 0.531. The minimum absolute atomic E-state index is 0.531. The summed E-state index contributed by atoms with van der Waals surface area (Å²) < 4.78 is 3.91. The zero-order chi connectivity index (χ0) is 12.9. The molecule has 3 aromatic rings. The molecular formula is C13H15N5. The first-order valence-electron chi connectivity index (χ1n) is 5.78. The van der Waals surface area contributed by atoms with Crippen molar-refractivity contribution in [3.63, 3.8) is 0 Å². The van der Waals surface area contributed by atoms with Gasteiger partial charge in [-0.15, -0.1) is 0 Å². The number of nitrogen functional groups attached to an aromatic ring is 1. The molecule has 0 atom stereocenters. The van der Waals surface area contributed by atoms with E-state index in [1.54, 1.807) is 0 Å². The number of nitrogens with zero attached hydrogens (tertiary/aromatic N) is 4. The Balaban J connectivity index is 2.25. The number of fused-ring (bicyclic) bond motifs is 1. The predicted octanol–water partition coefficient (Wildman–Crippen LogP) is 1.86. The third-order valence-corrected chi connectivity index (χ3v) is 3.30. The quantitative estimate of drug-likeness (QED) is 0.707. The highest BCUT2D eigenvalue weighted by molar-refractivity contribution is 5.82. The first-order valence-corrected chi connectivity index (χ1v) is 5.78. The molecule has 1 aromatic carbocycles. The van der Waals surface area contributed by atoms with E-state index in [4.69, 9.17) is 5.73 Å². The summed E-state index contributed by atoms with van der Waals surface area (Å²) in [5, 5.41) is 0. The van der Waals surface area contributed by atoms with E-state index in [0.29, 0.717) is 5.95 Å². The highest BCUT2D eigenvalue weighted by Gasteiger charge is 2.12. The van der Waals surface area contributed by atoms with Gasteiger partial charge in [0, 0.05) is 19.7 Å². The zero-order valence-electron chi connectivity index (χ0n) is 10.7. The summed E-state index contributed by atoms with van der Waals surface area (Å²) in [5.41, 5.74) is 11.0. The number of hydrogen-bond acceptors (Lipinski definition) is 3. The van der Waals surface area contributed by atoms with Gasteiger partial charge in [0.05, 0.1) is 28.7 Å². The summed E-state index contributed by atoms with van der Waals surface area (Å²) in [6.45, 7) is 1.97. The van der Waals surface area contributed by atoms with Gasteiger partial charge in [0.25, 0.3) is 0 Å². The lowest BCUT2D eigenvalue weighted by Gasteiger charge is -2.05. The van der Waals surface area contributed by atoms with Gasteiger partial charge in [0.15, 0.2) is 0 Å². The molecule has 5 heteroatoms. The number of nitrogens with two attached hydrogens (primary N) is 1. The number of aromatic nitrogens is 4. The Bertz CT molecular complexity index is 735. The topological polar surface area (TPSA) is 61.7 Å². The van der Waals surface area contributed by atoms with Gasteiger partial charge < -0.3 is 14.9 Å². The van der Waals surface area contributed by atoms with Crippen molar-refractivity contribution < 1.29 is 0 Å². The summed E-state index contributed by atoms with van der Waals surface area (Å²) in [6, 6.07) is 6.21. The molecule has 0 saturated carbocycles. The van der Waals surface area contributed by atoms with Gasteiger partial charge in [-0.05, 0) is 19.1 Å². The van der Waals surface area contributed by atoms with Crippen LogP contribution in [0.2, 0.25) is 0 Å². The van der Waals surface area contributed by atoms with Crippen molar-refractivity contribution in [2.24, 2.45) is 14.1 Å². The number of hydrogen-bond donors (Lipinski definition) is 1. The highest BCUT2D eigenvalue weighted by atomic mass is 15.1. The molecule has 2 N–H and O–H groups in total. The van der Waals surface area contributed by atoms with Crippen LogP contribution in [0, 0.1) is 6.92 Å². The molecule has 0 aliphatic heterocycles. The van der Waals surface area contributed by atoms with Gasteiger partial charge in [-0.25, -0.2) is 9.97 Å². The second-order valence-electron chi connectivity index (χ2n) is 4.52. The summed E-state index contributed by atoms with van der Waals surface area (Å²) in [7, 11) is 3.91. The standard InChI is InChI=1S/C13H15N5/c1-8-12(18(3)13(14)16-8)9-4-5-11-10(6-9)15-7-17(11)2/h4-7H,1-3H3,(H2,14,16). The van der Waals surface area contributed by atoms with Crippen molar-refractivity contribution in [1.29, 1.82) is 0 Å². The third-order valence-electron chi connectivity index (χ3n) is 3.30. The monoisotopic (exact) mass is 241 g/mol. The molecule has 0 fully saturated rings. The Kier molecular flexibility index (Phi) is 2.16. The number of rotatable bonds is 1. The van der Waals surface area contributed by atoms with E-state index in [1.165, 1.54) is 0 Å². The van der Waals surface area contributed by atoms with Crippen LogP contribution in [0.1, 0.15) is 5.69 Å². The van der Waals surface area contributed by atoms with Crippen LogP contribution >= 0.6 is 0 Å². The Labute approximate surface area is 105 Å². The lowest BCUT2D eigenvalue weighted by molar-refractivity contribution is 0.937. The van der Waals surface area contributed by atoms with E-state index in [9.17, 15) is 0 Å². The molecule has 0 saturated heterocycles. The summed E-state index contributed by atoms with van der Waals surface area (Å²) in [6.07, 6.45) is 1.82. The number of imidazole rings is 2. The second kappa shape index (κ2) is 3.60. The van der Waals surface area contributed by atoms with Gasteiger partial charge in [0.1, 0.15) is 0 Å². The Hall–Kier alpha value is -2.30. The molecule has 18 heavy (non-hydrogen) atoms. The average Bonchev–Trinajstić information content (AvgIpc) is 2.81. The Morgan fingerprint density at radius 3 is 2.67 bits per heavy atom. The molecule has 2 heterocycles. The van der Waals surface area contributed by atoms with Crippen LogP contribution in [0.5, 0.6) is 0 Å². The Morgan fingerprint density at radius 1 is 1.22 bits per heavy atom. The van der Waals surface area contributed by atoms with E-state index in [2.05, 4.69) is 28.2 Å². The van der Waals surface area contributed by atoms with Crippen LogP contribution in [-0.2, 0) is 14.1 Å². The number of anilines is 1. The smallest absolute Gasteiger partial charge is 0.200 e. The van der Waals surface area contributed by atoms with Crippen molar-refractivity contribution in [2.75, 3.05) is 5.73 Å². The van der Waals surface area contributed by atoms with Gasteiger partial charge in [-0.3, -0.25) is 0 Å². The first-order chi connectivity index (χ1) is 8.58. The van der Waals surface area contributed by atoms with E-state index in [1.807, 2.05) is 36.5 Å².